The maximum absolute atomic E-state index is 12.3. The van der Waals surface area contributed by atoms with Gasteiger partial charge < -0.3 is 5.32 Å². The molecule has 1 N–H and O–H groups in total. The first kappa shape index (κ1) is 14.1. The Morgan fingerprint density at radius 1 is 1.38 bits per heavy atom. The van der Waals surface area contributed by atoms with Gasteiger partial charge in [0.15, 0.2) is 0 Å². The Labute approximate surface area is 128 Å². The van der Waals surface area contributed by atoms with E-state index in [-0.39, 0.29) is 10.6 Å². The number of hydrogen-bond acceptors (Lipinski definition) is 3. The standard InChI is InChI=1S/C16H18ClN3O/c1-2-6-11-9-13(11)19-14-10-18-20(16(21)15(14)17)12-7-4-3-5-8-12/h3-5,7-8,10-11,13,19H,2,6,9H2,1H3. The van der Waals surface area contributed by atoms with E-state index >= 15 is 0 Å². The van der Waals surface area contributed by atoms with Crippen LogP contribution in [0.2, 0.25) is 5.02 Å². The number of anilines is 1. The first-order valence-electron chi connectivity index (χ1n) is 7.30. The van der Waals surface area contributed by atoms with E-state index < -0.39 is 0 Å². The highest BCUT2D eigenvalue weighted by atomic mass is 35.5. The van der Waals surface area contributed by atoms with E-state index in [0.29, 0.717) is 23.3 Å². The number of para-hydroxylation sites is 1. The molecule has 2 aromatic rings. The maximum atomic E-state index is 12.3. The molecular weight excluding hydrogens is 286 g/mol. The van der Waals surface area contributed by atoms with Gasteiger partial charge in [0.1, 0.15) is 5.02 Å². The molecule has 1 aliphatic rings. The minimum atomic E-state index is -0.291. The second-order valence-corrected chi connectivity index (χ2v) is 5.84. The molecule has 2 atom stereocenters. The summed E-state index contributed by atoms with van der Waals surface area (Å²) in [4.78, 5) is 12.3. The van der Waals surface area contributed by atoms with Gasteiger partial charge in [-0.05, 0) is 30.9 Å². The normalized spacial score (nSPS) is 20.3. The lowest BCUT2D eigenvalue weighted by Gasteiger charge is -2.10. The molecule has 0 radical (unpaired) electrons. The lowest BCUT2D eigenvalue weighted by atomic mass is 10.2. The van der Waals surface area contributed by atoms with Crippen molar-refractivity contribution >= 4 is 17.3 Å². The van der Waals surface area contributed by atoms with Gasteiger partial charge >= 0.3 is 0 Å². The van der Waals surface area contributed by atoms with Crippen LogP contribution in [0.1, 0.15) is 26.2 Å². The molecule has 110 valence electrons. The molecular formula is C16H18ClN3O. The lowest BCUT2D eigenvalue weighted by molar-refractivity contribution is 0.692. The van der Waals surface area contributed by atoms with Crippen molar-refractivity contribution < 1.29 is 0 Å². The molecule has 0 aliphatic heterocycles. The van der Waals surface area contributed by atoms with E-state index in [1.54, 1.807) is 6.20 Å². The van der Waals surface area contributed by atoms with E-state index in [0.717, 1.165) is 6.42 Å². The minimum Gasteiger partial charge on any atom is -0.379 e. The molecule has 1 aliphatic carbocycles. The molecule has 1 aromatic carbocycles. The quantitative estimate of drug-likeness (QED) is 0.920. The van der Waals surface area contributed by atoms with Crippen LogP contribution in [-0.4, -0.2) is 15.8 Å². The zero-order chi connectivity index (χ0) is 14.8. The van der Waals surface area contributed by atoms with Gasteiger partial charge in [0.2, 0.25) is 0 Å². The third-order valence-corrected chi connectivity index (χ3v) is 4.21. The molecule has 3 rings (SSSR count). The fourth-order valence-corrected chi connectivity index (χ4v) is 2.78. The number of nitrogens with zero attached hydrogens (tertiary/aromatic N) is 2. The molecule has 1 fully saturated rings. The first-order valence-corrected chi connectivity index (χ1v) is 7.68. The summed E-state index contributed by atoms with van der Waals surface area (Å²) in [7, 11) is 0. The van der Waals surface area contributed by atoms with Crippen LogP contribution in [0.15, 0.2) is 41.3 Å². The monoisotopic (exact) mass is 303 g/mol. The predicted molar refractivity (Wildman–Crippen MR) is 85.3 cm³/mol. The molecule has 0 bridgehead atoms. The van der Waals surface area contributed by atoms with Crippen molar-refractivity contribution in [3.63, 3.8) is 0 Å². The summed E-state index contributed by atoms with van der Waals surface area (Å²) in [6.45, 7) is 2.19. The number of rotatable bonds is 5. The van der Waals surface area contributed by atoms with Gasteiger partial charge in [-0.2, -0.15) is 9.78 Å². The molecule has 1 aromatic heterocycles. The molecule has 0 spiro atoms. The second-order valence-electron chi connectivity index (χ2n) is 5.46. The van der Waals surface area contributed by atoms with Gasteiger partial charge in [-0.15, -0.1) is 0 Å². The van der Waals surface area contributed by atoms with Crippen LogP contribution < -0.4 is 10.9 Å². The summed E-state index contributed by atoms with van der Waals surface area (Å²) in [6, 6.07) is 9.71. The smallest absolute Gasteiger partial charge is 0.292 e. The third-order valence-electron chi connectivity index (χ3n) is 3.84. The van der Waals surface area contributed by atoms with E-state index in [2.05, 4.69) is 17.3 Å². The number of halogens is 1. The minimum absolute atomic E-state index is 0.205. The summed E-state index contributed by atoms with van der Waals surface area (Å²) in [5.41, 5.74) is 1.06. The van der Waals surface area contributed by atoms with Crippen molar-refractivity contribution in [2.24, 2.45) is 5.92 Å². The largest absolute Gasteiger partial charge is 0.379 e. The highest BCUT2D eigenvalue weighted by Gasteiger charge is 2.36. The molecule has 1 heterocycles. The highest BCUT2D eigenvalue weighted by molar-refractivity contribution is 6.33. The number of nitrogens with one attached hydrogen (secondary N) is 1. The number of hydrogen-bond donors (Lipinski definition) is 1. The number of aromatic nitrogens is 2. The summed E-state index contributed by atoms with van der Waals surface area (Å²) in [6.07, 6.45) is 5.18. The van der Waals surface area contributed by atoms with Crippen molar-refractivity contribution in [2.45, 2.75) is 32.2 Å². The highest BCUT2D eigenvalue weighted by Crippen LogP contribution is 2.37. The Balaban J connectivity index is 1.83. The second kappa shape index (κ2) is 5.90. The van der Waals surface area contributed by atoms with Gasteiger partial charge in [-0.1, -0.05) is 43.1 Å². The fraction of sp³-hybridized carbons (Fsp3) is 0.375. The number of benzene rings is 1. The van der Waals surface area contributed by atoms with E-state index in [4.69, 9.17) is 11.6 Å². The summed E-state index contributed by atoms with van der Waals surface area (Å²) in [5.74, 6) is 0.697. The van der Waals surface area contributed by atoms with Crippen LogP contribution in [0.5, 0.6) is 0 Å². The Morgan fingerprint density at radius 3 is 2.86 bits per heavy atom. The topological polar surface area (TPSA) is 46.9 Å². The summed E-state index contributed by atoms with van der Waals surface area (Å²) < 4.78 is 1.32. The Hall–Kier alpha value is -1.81. The fourth-order valence-electron chi connectivity index (χ4n) is 2.60. The molecule has 4 nitrogen and oxygen atoms in total. The van der Waals surface area contributed by atoms with Gasteiger partial charge in [0.05, 0.1) is 17.6 Å². The average Bonchev–Trinajstić information content (AvgIpc) is 3.23. The zero-order valence-corrected chi connectivity index (χ0v) is 12.7. The molecule has 21 heavy (non-hydrogen) atoms. The van der Waals surface area contributed by atoms with Gasteiger partial charge in [-0.3, -0.25) is 4.79 Å². The molecule has 2 unspecified atom stereocenters. The summed E-state index contributed by atoms with van der Waals surface area (Å²) in [5, 5.41) is 7.75. The lowest BCUT2D eigenvalue weighted by Crippen LogP contribution is -2.23. The van der Waals surface area contributed by atoms with Gasteiger partial charge in [0.25, 0.3) is 5.56 Å². The predicted octanol–water partition coefficient (Wildman–Crippen LogP) is 3.49. The van der Waals surface area contributed by atoms with Gasteiger partial charge in [0, 0.05) is 6.04 Å². The average molecular weight is 304 g/mol. The first-order chi connectivity index (χ1) is 10.2. The SMILES string of the molecule is CCCC1CC1Nc1cnn(-c2ccccc2)c(=O)c1Cl. The van der Waals surface area contributed by atoms with Crippen LogP contribution in [0.4, 0.5) is 5.69 Å². The van der Waals surface area contributed by atoms with Crippen molar-refractivity contribution in [1.29, 1.82) is 0 Å². The van der Waals surface area contributed by atoms with E-state index in [1.807, 2.05) is 30.3 Å². The molecule has 5 heteroatoms. The van der Waals surface area contributed by atoms with Crippen LogP contribution in [0, 0.1) is 5.92 Å². The Morgan fingerprint density at radius 2 is 2.14 bits per heavy atom. The van der Waals surface area contributed by atoms with E-state index in [1.165, 1.54) is 17.5 Å². The van der Waals surface area contributed by atoms with E-state index in [9.17, 15) is 4.79 Å². The van der Waals surface area contributed by atoms with Crippen molar-refractivity contribution in [1.82, 2.24) is 9.78 Å². The van der Waals surface area contributed by atoms with Crippen molar-refractivity contribution in [3.05, 3.63) is 51.9 Å². The molecule has 1 saturated carbocycles. The Bertz CT molecular complexity index is 684. The van der Waals surface area contributed by atoms with Crippen LogP contribution >= 0.6 is 11.6 Å². The maximum Gasteiger partial charge on any atom is 0.292 e. The molecule has 0 amide bonds. The molecule has 0 saturated heterocycles. The third kappa shape index (κ3) is 2.95. The Kier molecular flexibility index (Phi) is 3.97. The van der Waals surface area contributed by atoms with Crippen LogP contribution in [0.3, 0.4) is 0 Å². The summed E-state index contributed by atoms with van der Waals surface area (Å²) >= 11 is 6.21. The zero-order valence-electron chi connectivity index (χ0n) is 11.9. The van der Waals surface area contributed by atoms with Crippen LogP contribution in [-0.2, 0) is 0 Å². The van der Waals surface area contributed by atoms with Gasteiger partial charge in [-0.25, -0.2) is 0 Å². The van der Waals surface area contributed by atoms with Crippen molar-refractivity contribution in [3.8, 4) is 5.69 Å². The van der Waals surface area contributed by atoms with Crippen LogP contribution in [0.25, 0.3) is 5.69 Å². The van der Waals surface area contributed by atoms with Crippen molar-refractivity contribution in [2.75, 3.05) is 5.32 Å².